The largest absolute Gasteiger partial charge is 0.504 e. The van der Waals surface area contributed by atoms with Gasteiger partial charge in [-0.25, -0.2) is 0 Å². The van der Waals surface area contributed by atoms with E-state index in [9.17, 15) is 19.8 Å². The molecule has 28 heavy (non-hydrogen) atoms. The minimum Gasteiger partial charge on any atom is -0.504 e. The fraction of sp³-hybridized carbons (Fsp3) is 0.524. The molecule has 1 atom stereocenters. The average Bonchev–Trinajstić information content (AvgIpc) is 2.95. The van der Waals surface area contributed by atoms with Gasteiger partial charge in [-0.15, -0.1) is 0 Å². The molecule has 0 spiro atoms. The molecule has 0 radical (unpaired) electrons. The van der Waals surface area contributed by atoms with Crippen molar-refractivity contribution in [1.82, 2.24) is 9.80 Å². The number of ether oxygens (including phenoxy) is 1. The number of aromatic hydroxyl groups is 1. The second-order valence-electron chi connectivity index (χ2n) is 6.63. The number of phenolic OH excluding ortho intramolecular Hbond substituents is 1. The number of carbonyl (C=O) groups excluding carboxylic acids is 2. The Morgan fingerprint density at radius 2 is 1.86 bits per heavy atom. The Morgan fingerprint density at radius 3 is 2.43 bits per heavy atom. The molecule has 1 aliphatic heterocycles. The molecule has 0 saturated heterocycles. The molecule has 2 rings (SSSR count). The third kappa shape index (κ3) is 4.30. The van der Waals surface area contributed by atoms with Gasteiger partial charge in [0.15, 0.2) is 23.0 Å². The number of aliphatic hydroxyl groups excluding tert-OH is 1. The molecule has 0 saturated carbocycles. The third-order valence-corrected chi connectivity index (χ3v) is 5.08. The summed E-state index contributed by atoms with van der Waals surface area (Å²) in [6, 6.07) is 4.07. The number of Topliss-reactive ketones (excluding diaryl/α,β-unsaturated/α-hetero) is 1. The molecule has 2 N–H and O–H groups in total. The van der Waals surface area contributed by atoms with E-state index in [4.69, 9.17) is 4.74 Å². The van der Waals surface area contributed by atoms with Gasteiger partial charge in [0.2, 0.25) is 0 Å². The second kappa shape index (κ2) is 9.59. The van der Waals surface area contributed by atoms with E-state index in [0.29, 0.717) is 25.3 Å². The lowest BCUT2D eigenvalue weighted by Crippen LogP contribution is -2.38. The molecule has 1 aromatic carbocycles. The van der Waals surface area contributed by atoms with E-state index in [0.717, 1.165) is 13.1 Å². The Morgan fingerprint density at radius 1 is 1.18 bits per heavy atom. The Kier molecular flexibility index (Phi) is 7.45. The minimum absolute atomic E-state index is 0.0128. The minimum atomic E-state index is -0.699. The summed E-state index contributed by atoms with van der Waals surface area (Å²) in [6.07, 6.45) is 0.184. The summed E-state index contributed by atoms with van der Waals surface area (Å²) in [5.41, 5.74) is 0.732. The third-order valence-electron chi connectivity index (χ3n) is 5.08. The van der Waals surface area contributed by atoms with E-state index in [1.807, 2.05) is 13.8 Å². The lowest BCUT2D eigenvalue weighted by molar-refractivity contribution is -0.129. The van der Waals surface area contributed by atoms with Crippen molar-refractivity contribution in [3.05, 3.63) is 35.1 Å². The Bertz CT molecular complexity index is 755. The molecule has 1 unspecified atom stereocenters. The number of amides is 1. The second-order valence-corrected chi connectivity index (χ2v) is 6.63. The van der Waals surface area contributed by atoms with E-state index in [2.05, 4.69) is 4.90 Å². The Hall–Kier alpha value is -2.54. The van der Waals surface area contributed by atoms with Crippen molar-refractivity contribution < 1.29 is 24.5 Å². The van der Waals surface area contributed by atoms with Gasteiger partial charge >= 0.3 is 0 Å². The molecular weight excluding hydrogens is 360 g/mol. The van der Waals surface area contributed by atoms with Crippen molar-refractivity contribution in [2.75, 3.05) is 32.8 Å². The standard InChI is InChI=1S/C21H30N2O5/c1-5-15(24)18-19(14-9-10-16(25)17(13-14)28-8-4)23(21(27)20(18)26)12-11-22(6-2)7-3/h9-10,13,19,25-26H,5-8,11-12H2,1-4H3. The highest BCUT2D eigenvalue weighted by Crippen LogP contribution is 2.40. The summed E-state index contributed by atoms with van der Waals surface area (Å²) < 4.78 is 5.46. The predicted molar refractivity (Wildman–Crippen MR) is 106 cm³/mol. The fourth-order valence-corrected chi connectivity index (χ4v) is 3.47. The van der Waals surface area contributed by atoms with Gasteiger partial charge in [-0.1, -0.05) is 26.8 Å². The van der Waals surface area contributed by atoms with Crippen LogP contribution >= 0.6 is 0 Å². The van der Waals surface area contributed by atoms with Gasteiger partial charge in [-0.2, -0.15) is 0 Å². The first-order chi connectivity index (χ1) is 13.4. The molecule has 7 heteroatoms. The summed E-state index contributed by atoms with van der Waals surface area (Å²) >= 11 is 0. The Labute approximate surface area is 166 Å². The van der Waals surface area contributed by atoms with Crippen LogP contribution in [-0.2, 0) is 9.59 Å². The number of phenols is 1. The summed E-state index contributed by atoms with van der Waals surface area (Å²) in [4.78, 5) is 29.0. The van der Waals surface area contributed by atoms with E-state index < -0.39 is 17.7 Å². The summed E-state index contributed by atoms with van der Waals surface area (Å²) in [5.74, 6) is -1.03. The highest BCUT2D eigenvalue weighted by molar-refractivity contribution is 6.08. The molecule has 0 aliphatic carbocycles. The molecule has 1 aliphatic rings. The maximum Gasteiger partial charge on any atom is 0.290 e. The normalized spacial score (nSPS) is 17.0. The van der Waals surface area contributed by atoms with E-state index >= 15 is 0 Å². The summed E-state index contributed by atoms with van der Waals surface area (Å²) in [7, 11) is 0. The van der Waals surface area contributed by atoms with Gasteiger partial charge in [0, 0.05) is 19.5 Å². The molecule has 0 bridgehead atoms. The maximum atomic E-state index is 12.8. The summed E-state index contributed by atoms with van der Waals surface area (Å²) in [5, 5.41) is 20.4. The topological polar surface area (TPSA) is 90.3 Å². The van der Waals surface area contributed by atoms with Gasteiger partial charge in [-0.3, -0.25) is 9.59 Å². The molecule has 7 nitrogen and oxygen atoms in total. The lowest BCUT2D eigenvalue weighted by Gasteiger charge is -2.29. The number of hydrogen-bond donors (Lipinski definition) is 2. The van der Waals surface area contributed by atoms with E-state index in [1.54, 1.807) is 26.0 Å². The van der Waals surface area contributed by atoms with E-state index in [1.165, 1.54) is 11.0 Å². The first kappa shape index (κ1) is 21.8. The summed E-state index contributed by atoms with van der Waals surface area (Å²) in [6.45, 7) is 10.7. The Balaban J connectivity index is 2.47. The number of nitrogens with zero attached hydrogens (tertiary/aromatic N) is 2. The van der Waals surface area contributed by atoms with Crippen molar-refractivity contribution >= 4 is 11.7 Å². The molecule has 154 valence electrons. The SMILES string of the molecule is CCOc1cc(C2C(C(=O)CC)=C(O)C(=O)N2CCN(CC)CC)ccc1O. The van der Waals surface area contributed by atoms with Crippen LogP contribution in [0.15, 0.2) is 29.5 Å². The lowest BCUT2D eigenvalue weighted by atomic mass is 9.94. The zero-order chi connectivity index (χ0) is 20.8. The number of ketones is 1. The van der Waals surface area contributed by atoms with Crippen LogP contribution in [0.2, 0.25) is 0 Å². The predicted octanol–water partition coefficient (Wildman–Crippen LogP) is 2.81. The van der Waals surface area contributed by atoms with Crippen LogP contribution in [0.1, 0.15) is 45.7 Å². The fourth-order valence-electron chi connectivity index (χ4n) is 3.47. The molecule has 1 aromatic rings. The van der Waals surface area contributed by atoms with Gasteiger partial charge in [-0.05, 0) is 37.7 Å². The number of benzene rings is 1. The highest BCUT2D eigenvalue weighted by Gasteiger charge is 2.43. The molecule has 0 aromatic heterocycles. The zero-order valence-electron chi connectivity index (χ0n) is 17.1. The van der Waals surface area contributed by atoms with E-state index in [-0.39, 0.29) is 29.3 Å². The number of aliphatic hydroxyl groups is 1. The average molecular weight is 390 g/mol. The molecule has 0 fully saturated rings. The van der Waals surface area contributed by atoms with Crippen LogP contribution in [0.3, 0.4) is 0 Å². The van der Waals surface area contributed by atoms with Crippen molar-refractivity contribution in [3.8, 4) is 11.5 Å². The van der Waals surface area contributed by atoms with Crippen LogP contribution in [-0.4, -0.2) is 64.5 Å². The number of hydrogen-bond acceptors (Lipinski definition) is 6. The van der Waals surface area contributed by atoms with Crippen LogP contribution in [0.4, 0.5) is 0 Å². The maximum absolute atomic E-state index is 12.8. The molecular formula is C21H30N2O5. The first-order valence-electron chi connectivity index (χ1n) is 9.84. The van der Waals surface area contributed by atoms with Crippen molar-refractivity contribution in [2.24, 2.45) is 0 Å². The quantitative estimate of drug-likeness (QED) is 0.638. The van der Waals surface area contributed by atoms with Crippen LogP contribution < -0.4 is 4.74 Å². The van der Waals surface area contributed by atoms with Crippen molar-refractivity contribution in [2.45, 2.75) is 40.2 Å². The van der Waals surface area contributed by atoms with Gasteiger partial charge in [0.1, 0.15) is 0 Å². The monoisotopic (exact) mass is 390 g/mol. The van der Waals surface area contributed by atoms with Crippen molar-refractivity contribution in [3.63, 3.8) is 0 Å². The van der Waals surface area contributed by atoms with Gasteiger partial charge < -0.3 is 24.7 Å². The number of likely N-dealkylation sites (N-methyl/N-ethyl adjacent to an activating group) is 1. The van der Waals surface area contributed by atoms with Gasteiger partial charge in [0.05, 0.1) is 18.2 Å². The van der Waals surface area contributed by atoms with Crippen LogP contribution in [0.25, 0.3) is 0 Å². The van der Waals surface area contributed by atoms with Gasteiger partial charge in [0.25, 0.3) is 5.91 Å². The van der Waals surface area contributed by atoms with Crippen molar-refractivity contribution in [1.29, 1.82) is 0 Å². The van der Waals surface area contributed by atoms with Crippen LogP contribution in [0, 0.1) is 0 Å². The zero-order valence-corrected chi connectivity index (χ0v) is 17.1. The number of carbonyl (C=O) groups is 2. The first-order valence-corrected chi connectivity index (χ1v) is 9.84. The number of rotatable bonds is 10. The van der Waals surface area contributed by atoms with Crippen LogP contribution in [0.5, 0.6) is 11.5 Å². The molecule has 1 amide bonds. The molecule has 1 heterocycles. The smallest absolute Gasteiger partial charge is 0.290 e. The highest BCUT2D eigenvalue weighted by atomic mass is 16.5.